The molecule has 0 fully saturated rings. The van der Waals surface area contributed by atoms with Crippen LogP contribution >= 0.6 is 15.9 Å². The summed E-state index contributed by atoms with van der Waals surface area (Å²) in [7, 11) is -0.483. The van der Waals surface area contributed by atoms with Gasteiger partial charge in [-0.3, -0.25) is 0 Å². The predicted octanol–water partition coefficient (Wildman–Crippen LogP) is 1.80. The van der Waals surface area contributed by atoms with Crippen LogP contribution in [0, 0.1) is 0 Å². The number of rotatable bonds is 6. The summed E-state index contributed by atoms with van der Waals surface area (Å²) in [5.41, 5.74) is 0.969. The average Bonchev–Trinajstić information content (AvgIpc) is 2.37. The highest BCUT2D eigenvalue weighted by atomic mass is 79.9. The van der Waals surface area contributed by atoms with Gasteiger partial charge in [-0.25, -0.2) is 13.2 Å². The van der Waals surface area contributed by atoms with E-state index in [1.165, 1.54) is 20.3 Å². The SMILES string of the molecule is COCCS(=O)(=O)Cc1ccc(C(=O)OC)cc1Br. The summed E-state index contributed by atoms with van der Waals surface area (Å²) in [6, 6.07) is 4.69. The highest BCUT2D eigenvalue weighted by Gasteiger charge is 2.15. The van der Waals surface area contributed by atoms with Gasteiger partial charge in [-0.05, 0) is 17.7 Å². The molecule has 0 saturated carbocycles. The summed E-state index contributed by atoms with van der Waals surface area (Å²) < 4.78 is 33.5. The molecule has 0 aliphatic rings. The molecule has 1 aromatic carbocycles. The Hall–Kier alpha value is -0.920. The maximum atomic E-state index is 11.8. The van der Waals surface area contributed by atoms with Gasteiger partial charge in [0.1, 0.15) is 0 Å². The van der Waals surface area contributed by atoms with Crippen LogP contribution in [0.3, 0.4) is 0 Å². The first-order chi connectivity index (χ1) is 8.89. The largest absolute Gasteiger partial charge is 0.465 e. The van der Waals surface area contributed by atoms with Crippen LogP contribution in [0.25, 0.3) is 0 Å². The Morgan fingerprint density at radius 2 is 2.00 bits per heavy atom. The zero-order chi connectivity index (χ0) is 14.5. The van der Waals surface area contributed by atoms with Gasteiger partial charge in [0.15, 0.2) is 9.84 Å². The van der Waals surface area contributed by atoms with E-state index in [9.17, 15) is 13.2 Å². The molecular formula is C12H15BrO5S. The zero-order valence-corrected chi connectivity index (χ0v) is 13.1. The molecule has 5 nitrogen and oxygen atoms in total. The number of halogens is 1. The fourth-order valence-corrected chi connectivity index (χ4v) is 3.42. The summed E-state index contributed by atoms with van der Waals surface area (Å²) >= 11 is 3.26. The maximum absolute atomic E-state index is 11.8. The molecule has 0 aliphatic carbocycles. The van der Waals surface area contributed by atoms with E-state index in [0.29, 0.717) is 15.6 Å². The van der Waals surface area contributed by atoms with Crippen molar-refractivity contribution in [3.8, 4) is 0 Å². The van der Waals surface area contributed by atoms with Crippen molar-refractivity contribution in [1.82, 2.24) is 0 Å². The van der Waals surface area contributed by atoms with Gasteiger partial charge in [0.05, 0.1) is 30.8 Å². The summed E-state index contributed by atoms with van der Waals surface area (Å²) in [5, 5.41) is 0. The summed E-state index contributed by atoms with van der Waals surface area (Å²) in [6.45, 7) is 0.167. The molecule has 0 amide bonds. The molecule has 7 heteroatoms. The lowest BCUT2D eigenvalue weighted by Crippen LogP contribution is -2.14. The second-order valence-electron chi connectivity index (χ2n) is 3.88. The highest BCUT2D eigenvalue weighted by molar-refractivity contribution is 9.10. The first kappa shape index (κ1) is 16.1. The van der Waals surface area contributed by atoms with Gasteiger partial charge in [0.2, 0.25) is 0 Å². The normalized spacial score (nSPS) is 11.3. The zero-order valence-electron chi connectivity index (χ0n) is 10.7. The third-order valence-corrected chi connectivity index (χ3v) is 4.73. The number of benzene rings is 1. The van der Waals surface area contributed by atoms with Gasteiger partial charge in [0.25, 0.3) is 0 Å². The molecule has 1 rings (SSSR count). The van der Waals surface area contributed by atoms with Crippen LogP contribution in [0.15, 0.2) is 22.7 Å². The van der Waals surface area contributed by atoms with E-state index in [0.717, 1.165) is 0 Å². The van der Waals surface area contributed by atoms with E-state index >= 15 is 0 Å². The maximum Gasteiger partial charge on any atom is 0.337 e. The third-order valence-electron chi connectivity index (χ3n) is 2.45. The number of hydrogen-bond donors (Lipinski definition) is 0. The van der Waals surface area contributed by atoms with Crippen molar-refractivity contribution >= 4 is 31.7 Å². The molecule has 0 aromatic heterocycles. The van der Waals surface area contributed by atoms with Crippen LogP contribution < -0.4 is 0 Å². The van der Waals surface area contributed by atoms with Gasteiger partial charge in [-0.1, -0.05) is 22.0 Å². The molecule has 0 bridgehead atoms. The van der Waals surface area contributed by atoms with Crippen molar-refractivity contribution in [3.63, 3.8) is 0 Å². The lowest BCUT2D eigenvalue weighted by Gasteiger charge is -2.07. The van der Waals surface area contributed by atoms with Crippen LogP contribution in [0.1, 0.15) is 15.9 Å². The van der Waals surface area contributed by atoms with Crippen LogP contribution in [0.2, 0.25) is 0 Å². The van der Waals surface area contributed by atoms with Gasteiger partial charge < -0.3 is 9.47 Å². The Bertz CT molecular complexity index is 553. The van der Waals surface area contributed by atoms with Crippen molar-refractivity contribution in [2.75, 3.05) is 26.6 Å². The molecule has 0 radical (unpaired) electrons. The topological polar surface area (TPSA) is 69.7 Å². The number of carbonyl (C=O) groups excluding carboxylic acids is 1. The minimum absolute atomic E-state index is 0.0330. The molecule has 0 heterocycles. The van der Waals surface area contributed by atoms with Crippen LogP contribution in [-0.2, 0) is 25.1 Å². The van der Waals surface area contributed by atoms with E-state index in [-0.39, 0.29) is 18.1 Å². The monoisotopic (exact) mass is 350 g/mol. The number of methoxy groups -OCH3 is 2. The molecule has 0 saturated heterocycles. The first-order valence-corrected chi connectivity index (χ1v) is 8.07. The Balaban J connectivity index is 2.89. The average molecular weight is 351 g/mol. The lowest BCUT2D eigenvalue weighted by molar-refractivity contribution is 0.0600. The Morgan fingerprint density at radius 1 is 1.32 bits per heavy atom. The fourth-order valence-electron chi connectivity index (χ4n) is 1.43. The van der Waals surface area contributed by atoms with Crippen LogP contribution in [0.4, 0.5) is 0 Å². The van der Waals surface area contributed by atoms with Crippen molar-refractivity contribution in [2.24, 2.45) is 0 Å². The van der Waals surface area contributed by atoms with Crippen molar-refractivity contribution < 1.29 is 22.7 Å². The number of hydrogen-bond acceptors (Lipinski definition) is 5. The standard InChI is InChI=1S/C12H15BrO5S/c1-17-5-6-19(15,16)8-10-4-3-9(7-11(10)13)12(14)18-2/h3-4,7H,5-6,8H2,1-2H3. The highest BCUT2D eigenvalue weighted by Crippen LogP contribution is 2.21. The minimum atomic E-state index is -3.23. The molecule has 106 valence electrons. The lowest BCUT2D eigenvalue weighted by atomic mass is 10.1. The van der Waals surface area contributed by atoms with Gasteiger partial charge in [0, 0.05) is 11.6 Å². The van der Waals surface area contributed by atoms with E-state index in [1.807, 2.05) is 0 Å². The van der Waals surface area contributed by atoms with Gasteiger partial charge >= 0.3 is 5.97 Å². The van der Waals surface area contributed by atoms with Crippen molar-refractivity contribution in [2.45, 2.75) is 5.75 Å². The minimum Gasteiger partial charge on any atom is -0.465 e. The summed E-state index contributed by atoms with van der Waals surface area (Å²) in [6.07, 6.45) is 0. The van der Waals surface area contributed by atoms with Crippen molar-refractivity contribution in [1.29, 1.82) is 0 Å². The predicted molar refractivity (Wildman–Crippen MR) is 74.8 cm³/mol. The number of ether oxygens (including phenoxy) is 2. The number of carbonyl (C=O) groups is 1. The molecule has 0 N–H and O–H groups in total. The van der Waals surface area contributed by atoms with E-state index in [1.54, 1.807) is 12.1 Å². The molecule has 0 spiro atoms. The molecular weight excluding hydrogens is 336 g/mol. The second kappa shape index (κ2) is 7.02. The molecule has 0 unspecified atom stereocenters. The fraction of sp³-hybridized carbons (Fsp3) is 0.417. The summed E-state index contributed by atoms with van der Waals surface area (Å²) in [4.78, 5) is 11.3. The molecule has 0 atom stereocenters. The summed E-state index contributed by atoms with van der Waals surface area (Å²) in [5.74, 6) is -0.595. The number of esters is 1. The Kier molecular flexibility index (Phi) is 5.96. The van der Waals surface area contributed by atoms with Crippen molar-refractivity contribution in [3.05, 3.63) is 33.8 Å². The quantitative estimate of drug-likeness (QED) is 0.731. The van der Waals surface area contributed by atoms with E-state index in [2.05, 4.69) is 20.7 Å². The Morgan fingerprint density at radius 3 is 2.53 bits per heavy atom. The smallest absolute Gasteiger partial charge is 0.337 e. The van der Waals surface area contributed by atoms with Gasteiger partial charge in [-0.2, -0.15) is 0 Å². The van der Waals surface area contributed by atoms with Crippen LogP contribution in [0.5, 0.6) is 0 Å². The second-order valence-corrected chi connectivity index (χ2v) is 6.92. The first-order valence-electron chi connectivity index (χ1n) is 5.45. The third kappa shape index (κ3) is 4.93. The molecule has 0 aliphatic heterocycles. The molecule has 1 aromatic rings. The van der Waals surface area contributed by atoms with Gasteiger partial charge in [-0.15, -0.1) is 0 Å². The van der Waals surface area contributed by atoms with Crippen LogP contribution in [-0.4, -0.2) is 41.0 Å². The Labute approximate surface area is 121 Å². The molecule has 19 heavy (non-hydrogen) atoms. The van der Waals surface area contributed by atoms with E-state index in [4.69, 9.17) is 4.74 Å². The number of sulfone groups is 1. The van der Waals surface area contributed by atoms with E-state index < -0.39 is 15.8 Å².